The van der Waals surface area contributed by atoms with Gasteiger partial charge in [-0.25, -0.2) is 4.98 Å². The van der Waals surface area contributed by atoms with Crippen LogP contribution in [0.25, 0.3) is 0 Å². The van der Waals surface area contributed by atoms with E-state index < -0.39 is 0 Å². The first-order valence-corrected chi connectivity index (χ1v) is 9.26. The third-order valence-electron chi connectivity index (χ3n) is 4.83. The van der Waals surface area contributed by atoms with Crippen LogP contribution in [0, 0.1) is 5.92 Å². The molecule has 1 aliphatic heterocycles. The van der Waals surface area contributed by atoms with Crippen molar-refractivity contribution in [2.24, 2.45) is 5.92 Å². The van der Waals surface area contributed by atoms with E-state index in [-0.39, 0.29) is 17.7 Å². The summed E-state index contributed by atoms with van der Waals surface area (Å²) in [5.74, 6) is 0.728. The Balaban J connectivity index is 1.38. The highest BCUT2D eigenvalue weighted by Gasteiger charge is 2.27. The summed E-state index contributed by atoms with van der Waals surface area (Å²) in [6, 6.07) is 15.7. The Bertz CT molecular complexity index is 711. The Morgan fingerprint density at radius 3 is 2.46 bits per heavy atom. The highest BCUT2D eigenvalue weighted by atomic mass is 16.2. The maximum Gasteiger partial charge on any atom is 0.228 e. The maximum absolute atomic E-state index is 12.4. The molecular formula is C21H25N3O2. The molecule has 2 aromatic rings. The van der Waals surface area contributed by atoms with Crippen LogP contribution in [-0.2, 0) is 16.0 Å². The Kier molecular flexibility index (Phi) is 6.36. The van der Waals surface area contributed by atoms with Crippen LogP contribution >= 0.6 is 0 Å². The van der Waals surface area contributed by atoms with Crippen LogP contribution in [0.2, 0.25) is 0 Å². The van der Waals surface area contributed by atoms with Gasteiger partial charge in [0.25, 0.3) is 0 Å². The Labute approximate surface area is 154 Å². The van der Waals surface area contributed by atoms with Gasteiger partial charge in [-0.05, 0) is 43.4 Å². The second-order valence-corrected chi connectivity index (χ2v) is 6.70. The van der Waals surface area contributed by atoms with Gasteiger partial charge in [0.05, 0.1) is 0 Å². The van der Waals surface area contributed by atoms with Crippen LogP contribution < -0.4 is 5.32 Å². The number of aryl methyl sites for hydroxylation is 1. The van der Waals surface area contributed by atoms with Crippen LogP contribution in [0.3, 0.4) is 0 Å². The third kappa shape index (κ3) is 5.15. The minimum Gasteiger partial charge on any atom is -0.343 e. The van der Waals surface area contributed by atoms with E-state index in [1.807, 2.05) is 35.2 Å². The molecule has 26 heavy (non-hydrogen) atoms. The summed E-state index contributed by atoms with van der Waals surface area (Å²) < 4.78 is 0. The van der Waals surface area contributed by atoms with Gasteiger partial charge in [-0.2, -0.15) is 0 Å². The highest BCUT2D eigenvalue weighted by Crippen LogP contribution is 2.20. The molecule has 1 fully saturated rings. The molecule has 1 aromatic heterocycles. The third-order valence-corrected chi connectivity index (χ3v) is 4.83. The smallest absolute Gasteiger partial charge is 0.228 e. The number of hydrogen-bond donors (Lipinski definition) is 1. The number of pyridine rings is 1. The predicted octanol–water partition coefficient (Wildman–Crippen LogP) is 3.28. The summed E-state index contributed by atoms with van der Waals surface area (Å²) >= 11 is 0. The van der Waals surface area contributed by atoms with Crippen molar-refractivity contribution in [1.29, 1.82) is 0 Å². The summed E-state index contributed by atoms with van der Waals surface area (Å²) in [4.78, 5) is 30.7. The first kappa shape index (κ1) is 18.1. The zero-order valence-corrected chi connectivity index (χ0v) is 14.9. The van der Waals surface area contributed by atoms with Crippen molar-refractivity contribution < 1.29 is 9.59 Å². The monoisotopic (exact) mass is 351 g/mol. The SMILES string of the molecule is O=C(Nc1ccccn1)C1CCN(C(=O)CCCc2ccccc2)CC1. The minimum atomic E-state index is -0.0506. The number of piperidine rings is 1. The molecule has 136 valence electrons. The molecule has 0 unspecified atom stereocenters. The fraction of sp³-hybridized carbons (Fsp3) is 0.381. The number of nitrogens with one attached hydrogen (secondary N) is 1. The number of nitrogens with zero attached hydrogens (tertiary/aromatic N) is 2. The van der Waals surface area contributed by atoms with Gasteiger partial charge in [-0.3, -0.25) is 9.59 Å². The lowest BCUT2D eigenvalue weighted by Crippen LogP contribution is -2.41. The maximum atomic E-state index is 12.4. The molecule has 5 heteroatoms. The zero-order chi connectivity index (χ0) is 18.2. The van der Waals surface area contributed by atoms with Gasteiger partial charge in [-0.15, -0.1) is 0 Å². The van der Waals surface area contributed by atoms with E-state index in [0.717, 1.165) is 12.8 Å². The standard InChI is InChI=1S/C21H25N3O2/c25-20(11-6-9-17-7-2-1-3-8-17)24-15-12-18(13-16-24)21(26)23-19-10-4-5-14-22-19/h1-5,7-8,10,14,18H,6,9,11-13,15-16H2,(H,22,23,26). The van der Waals surface area contributed by atoms with Crippen molar-refractivity contribution in [3.63, 3.8) is 0 Å². The van der Waals surface area contributed by atoms with Crippen molar-refractivity contribution >= 4 is 17.6 Å². The van der Waals surface area contributed by atoms with Gasteiger partial charge in [-0.1, -0.05) is 36.4 Å². The largest absolute Gasteiger partial charge is 0.343 e. The van der Waals surface area contributed by atoms with Crippen molar-refractivity contribution in [3.8, 4) is 0 Å². The number of aromatic nitrogens is 1. The van der Waals surface area contributed by atoms with Gasteiger partial charge < -0.3 is 10.2 Å². The minimum absolute atomic E-state index is 0.000114. The summed E-state index contributed by atoms with van der Waals surface area (Å²) in [7, 11) is 0. The molecule has 0 atom stereocenters. The lowest BCUT2D eigenvalue weighted by Gasteiger charge is -2.31. The number of amides is 2. The molecule has 2 amide bonds. The van der Waals surface area contributed by atoms with E-state index in [1.165, 1.54) is 5.56 Å². The molecule has 0 radical (unpaired) electrons. The quantitative estimate of drug-likeness (QED) is 0.869. The molecule has 1 saturated heterocycles. The van der Waals surface area contributed by atoms with E-state index in [2.05, 4.69) is 22.4 Å². The summed E-state index contributed by atoms with van der Waals surface area (Å²) in [5, 5.41) is 2.85. The van der Waals surface area contributed by atoms with E-state index >= 15 is 0 Å². The molecule has 1 aromatic carbocycles. The van der Waals surface area contributed by atoms with Gasteiger partial charge in [0.1, 0.15) is 5.82 Å². The average Bonchev–Trinajstić information content (AvgIpc) is 2.69. The fourth-order valence-corrected chi connectivity index (χ4v) is 3.30. The molecule has 0 aliphatic carbocycles. The van der Waals surface area contributed by atoms with Gasteiger partial charge in [0.15, 0.2) is 0 Å². The predicted molar refractivity (Wildman–Crippen MR) is 102 cm³/mol. The Morgan fingerprint density at radius 1 is 1.04 bits per heavy atom. The second-order valence-electron chi connectivity index (χ2n) is 6.70. The van der Waals surface area contributed by atoms with Crippen molar-refractivity contribution in [2.75, 3.05) is 18.4 Å². The Hall–Kier alpha value is -2.69. The van der Waals surface area contributed by atoms with Crippen LogP contribution in [0.5, 0.6) is 0 Å². The molecule has 0 saturated carbocycles. The van der Waals surface area contributed by atoms with Crippen LogP contribution in [0.4, 0.5) is 5.82 Å². The first-order chi connectivity index (χ1) is 12.7. The molecular weight excluding hydrogens is 326 g/mol. The van der Waals surface area contributed by atoms with E-state index in [1.54, 1.807) is 12.3 Å². The van der Waals surface area contributed by atoms with Gasteiger partial charge >= 0.3 is 0 Å². The number of likely N-dealkylation sites (tertiary alicyclic amines) is 1. The van der Waals surface area contributed by atoms with Crippen molar-refractivity contribution in [3.05, 3.63) is 60.3 Å². The molecule has 0 spiro atoms. The van der Waals surface area contributed by atoms with Gasteiger partial charge in [0.2, 0.25) is 11.8 Å². The number of hydrogen-bond acceptors (Lipinski definition) is 3. The lowest BCUT2D eigenvalue weighted by molar-refractivity contribution is -0.134. The van der Waals surface area contributed by atoms with Crippen molar-refractivity contribution in [1.82, 2.24) is 9.88 Å². The highest BCUT2D eigenvalue weighted by molar-refractivity contribution is 5.91. The Morgan fingerprint density at radius 2 is 1.77 bits per heavy atom. The molecule has 1 N–H and O–H groups in total. The van der Waals surface area contributed by atoms with Crippen LogP contribution in [-0.4, -0.2) is 34.8 Å². The number of carbonyl (C=O) groups excluding carboxylic acids is 2. The normalized spacial score (nSPS) is 14.8. The second kappa shape index (κ2) is 9.13. The lowest BCUT2D eigenvalue weighted by atomic mass is 9.95. The topological polar surface area (TPSA) is 62.3 Å². The van der Waals surface area contributed by atoms with Gasteiger partial charge in [0, 0.05) is 31.6 Å². The van der Waals surface area contributed by atoms with E-state index in [9.17, 15) is 9.59 Å². The zero-order valence-electron chi connectivity index (χ0n) is 14.9. The first-order valence-electron chi connectivity index (χ1n) is 9.26. The molecule has 1 aliphatic rings. The number of anilines is 1. The van der Waals surface area contributed by atoms with Crippen LogP contribution in [0.15, 0.2) is 54.7 Å². The molecule has 0 bridgehead atoms. The van der Waals surface area contributed by atoms with Crippen LogP contribution in [0.1, 0.15) is 31.2 Å². The number of benzene rings is 1. The molecule has 2 heterocycles. The molecule has 3 rings (SSSR count). The number of rotatable bonds is 6. The fourth-order valence-electron chi connectivity index (χ4n) is 3.30. The summed E-state index contributed by atoms with van der Waals surface area (Å²) in [6.45, 7) is 1.31. The van der Waals surface area contributed by atoms with E-state index in [4.69, 9.17) is 0 Å². The number of carbonyl (C=O) groups is 2. The van der Waals surface area contributed by atoms with E-state index in [0.29, 0.717) is 38.2 Å². The average molecular weight is 351 g/mol. The van der Waals surface area contributed by atoms with Crippen molar-refractivity contribution in [2.45, 2.75) is 32.1 Å². The molecule has 5 nitrogen and oxygen atoms in total. The summed E-state index contributed by atoms with van der Waals surface area (Å²) in [5.41, 5.74) is 1.27. The summed E-state index contributed by atoms with van der Waals surface area (Å²) in [6.07, 6.45) is 5.44.